The first kappa shape index (κ1) is 14.3. The predicted molar refractivity (Wildman–Crippen MR) is 82.7 cm³/mol. The summed E-state index contributed by atoms with van der Waals surface area (Å²) >= 11 is 0. The van der Waals surface area contributed by atoms with Gasteiger partial charge in [0.05, 0.1) is 24.4 Å². The van der Waals surface area contributed by atoms with Crippen LogP contribution in [0.15, 0.2) is 18.5 Å². The van der Waals surface area contributed by atoms with E-state index in [1.807, 2.05) is 10.7 Å². The van der Waals surface area contributed by atoms with Crippen LogP contribution in [0.1, 0.15) is 32.4 Å². The van der Waals surface area contributed by atoms with Gasteiger partial charge in [0.25, 0.3) is 0 Å². The molecule has 114 valence electrons. The van der Waals surface area contributed by atoms with Crippen LogP contribution in [-0.2, 0) is 4.74 Å². The normalized spacial score (nSPS) is 23.2. The molecule has 1 aliphatic heterocycles. The second kappa shape index (κ2) is 5.61. The number of nitrogens with two attached hydrogens (primary N) is 1. The van der Waals surface area contributed by atoms with Gasteiger partial charge in [0, 0.05) is 25.5 Å². The molecule has 0 aliphatic carbocycles. The van der Waals surface area contributed by atoms with E-state index in [9.17, 15) is 0 Å². The third kappa shape index (κ3) is 2.61. The zero-order valence-corrected chi connectivity index (χ0v) is 12.9. The summed E-state index contributed by atoms with van der Waals surface area (Å²) in [6.45, 7) is 8.43. The topological polar surface area (TPSA) is 68.7 Å². The lowest BCUT2D eigenvalue weighted by Gasteiger charge is -2.38. The Hall–Kier alpha value is -1.66. The second-order valence-electron chi connectivity index (χ2n) is 6.00. The van der Waals surface area contributed by atoms with Crippen molar-refractivity contribution in [3.8, 4) is 0 Å². The first-order chi connectivity index (χ1) is 10.1. The van der Waals surface area contributed by atoms with E-state index in [-0.39, 0.29) is 12.1 Å². The van der Waals surface area contributed by atoms with Gasteiger partial charge in [-0.3, -0.25) is 0 Å². The van der Waals surface area contributed by atoms with Gasteiger partial charge in [0.15, 0.2) is 5.82 Å². The van der Waals surface area contributed by atoms with Crippen molar-refractivity contribution in [3.05, 3.63) is 24.2 Å². The highest BCUT2D eigenvalue weighted by molar-refractivity contribution is 5.69. The Labute approximate surface area is 124 Å². The van der Waals surface area contributed by atoms with Crippen LogP contribution in [0.4, 0.5) is 5.82 Å². The van der Waals surface area contributed by atoms with Crippen LogP contribution in [0.25, 0.3) is 5.52 Å². The summed E-state index contributed by atoms with van der Waals surface area (Å²) in [4.78, 5) is 6.87. The van der Waals surface area contributed by atoms with Crippen LogP contribution in [0.3, 0.4) is 0 Å². The molecule has 1 aliphatic rings. The second-order valence-corrected chi connectivity index (χ2v) is 6.00. The van der Waals surface area contributed by atoms with Gasteiger partial charge in [0.1, 0.15) is 5.52 Å². The maximum absolute atomic E-state index is 5.76. The Balaban J connectivity index is 2.02. The van der Waals surface area contributed by atoms with Crippen LogP contribution in [0.2, 0.25) is 0 Å². The van der Waals surface area contributed by atoms with Crippen molar-refractivity contribution in [2.45, 2.75) is 38.8 Å². The van der Waals surface area contributed by atoms with Gasteiger partial charge in [-0.05, 0) is 18.9 Å². The van der Waals surface area contributed by atoms with Crippen molar-refractivity contribution >= 4 is 11.3 Å². The molecule has 6 heteroatoms. The number of hydrogen-bond acceptors (Lipinski definition) is 5. The summed E-state index contributed by atoms with van der Waals surface area (Å²) in [6.07, 6.45) is 3.77. The molecule has 1 saturated heterocycles. The van der Waals surface area contributed by atoms with Gasteiger partial charge >= 0.3 is 0 Å². The number of fused-ring (bicyclic) bond motifs is 1. The molecule has 0 aromatic carbocycles. The smallest absolute Gasteiger partial charge is 0.155 e. The molecule has 2 atom stereocenters. The van der Waals surface area contributed by atoms with Crippen molar-refractivity contribution in [1.29, 1.82) is 0 Å². The molecule has 21 heavy (non-hydrogen) atoms. The minimum Gasteiger partial charge on any atom is -0.373 e. The maximum Gasteiger partial charge on any atom is 0.155 e. The highest BCUT2D eigenvalue weighted by Gasteiger charge is 2.28. The molecule has 0 radical (unpaired) electrons. The minimum absolute atomic E-state index is 0.0655. The fourth-order valence-electron chi connectivity index (χ4n) is 2.69. The zero-order chi connectivity index (χ0) is 15.0. The monoisotopic (exact) mass is 289 g/mol. The molecule has 0 bridgehead atoms. The summed E-state index contributed by atoms with van der Waals surface area (Å²) in [5.41, 5.74) is 7.89. The van der Waals surface area contributed by atoms with E-state index in [1.165, 1.54) is 0 Å². The molecule has 3 heterocycles. The minimum atomic E-state index is 0.0655. The standard InChI is InChI=1S/C15H23N5O/c1-10(2)13-6-14-15(17-4-5-20(14)18-13)19-8-12(7-16)21-9-11(19)3/h4-6,10-12H,7-9,16H2,1-3H3. The van der Waals surface area contributed by atoms with Crippen LogP contribution in [0, 0.1) is 0 Å². The van der Waals surface area contributed by atoms with Crippen LogP contribution < -0.4 is 10.6 Å². The van der Waals surface area contributed by atoms with Gasteiger partial charge < -0.3 is 15.4 Å². The maximum atomic E-state index is 5.76. The third-order valence-electron chi connectivity index (χ3n) is 4.02. The molecule has 2 aromatic rings. The number of nitrogens with zero attached hydrogens (tertiary/aromatic N) is 4. The Morgan fingerprint density at radius 1 is 1.48 bits per heavy atom. The zero-order valence-electron chi connectivity index (χ0n) is 12.9. The lowest BCUT2D eigenvalue weighted by molar-refractivity contribution is 0.0281. The average Bonchev–Trinajstić information content (AvgIpc) is 2.92. The summed E-state index contributed by atoms with van der Waals surface area (Å²) in [7, 11) is 0. The van der Waals surface area contributed by atoms with Crippen molar-refractivity contribution in [2.75, 3.05) is 24.6 Å². The molecule has 6 nitrogen and oxygen atoms in total. The molecule has 2 N–H and O–H groups in total. The first-order valence-corrected chi connectivity index (χ1v) is 7.52. The number of anilines is 1. The van der Waals surface area contributed by atoms with Crippen molar-refractivity contribution in [1.82, 2.24) is 14.6 Å². The Morgan fingerprint density at radius 2 is 2.29 bits per heavy atom. The van der Waals surface area contributed by atoms with E-state index in [1.54, 1.807) is 6.20 Å². The number of ether oxygens (including phenoxy) is 1. The molecular weight excluding hydrogens is 266 g/mol. The summed E-state index contributed by atoms with van der Waals surface area (Å²) < 4.78 is 7.64. The summed E-state index contributed by atoms with van der Waals surface area (Å²) in [5, 5.41) is 4.63. The van der Waals surface area contributed by atoms with Crippen molar-refractivity contribution < 1.29 is 4.74 Å². The SMILES string of the molecule is CC(C)c1cc2c(N3CC(CN)OCC3C)nccn2n1. The van der Waals surface area contributed by atoms with Gasteiger partial charge in [-0.25, -0.2) is 9.50 Å². The number of hydrogen-bond donors (Lipinski definition) is 1. The molecule has 0 amide bonds. The van der Waals surface area contributed by atoms with Gasteiger partial charge in [-0.1, -0.05) is 13.8 Å². The predicted octanol–water partition coefficient (Wildman–Crippen LogP) is 1.41. The number of rotatable bonds is 3. The van der Waals surface area contributed by atoms with Crippen molar-refractivity contribution in [3.63, 3.8) is 0 Å². The largest absolute Gasteiger partial charge is 0.373 e. The molecule has 3 rings (SSSR count). The Morgan fingerprint density at radius 3 is 3.00 bits per heavy atom. The van der Waals surface area contributed by atoms with E-state index >= 15 is 0 Å². The van der Waals surface area contributed by atoms with Gasteiger partial charge in [0.2, 0.25) is 0 Å². The van der Waals surface area contributed by atoms with Crippen LogP contribution in [-0.4, -0.2) is 46.4 Å². The quantitative estimate of drug-likeness (QED) is 0.925. The van der Waals surface area contributed by atoms with Crippen LogP contribution in [0.5, 0.6) is 0 Å². The number of morpholine rings is 1. The number of aromatic nitrogens is 3. The lowest BCUT2D eigenvalue weighted by atomic mass is 10.1. The Bertz CT molecular complexity index is 624. The molecular formula is C15H23N5O. The third-order valence-corrected chi connectivity index (χ3v) is 4.02. The summed E-state index contributed by atoms with van der Waals surface area (Å²) in [6, 6.07) is 2.41. The Kier molecular flexibility index (Phi) is 3.82. The van der Waals surface area contributed by atoms with E-state index in [4.69, 9.17) is 10.5 Å². The van der Waals surface area contributed by atoms with Crippen molar-refractivity contribution in [2.24, 2.45) is 5.73 Å². The molecule has 1 fully saturated rings. The summed E-state index contributed by atoms with van der Waals surface area (Å²) in [5.74, 6) is 1.36. The molecule has 2 aromatic heterocycles. The van der Waals surface area contributed by atoms with E-state index in [0.29, 0.717) is 19.1 Å². The first-order valence-electron chi connectivity index (χ1n) is 7.52. The molecule has 2 unspecified atom stereocenters. The highest BCUT2D eigenvalue weighted by Crippen LogP contribution is 2.26. The fraction of sp³-hybridized carbons (Fsp3) is 0.600. The van der Waals surface area contributed by atoms with Gasteiger partial charge in [-0.15, -0.1) is 0 Å². The fourth-order valence-corrected chi connectivity index (χ4v) is 2.69. The van der Waals surface area contributed by atoms with Gasteiger partial charge in [-0.2, -0.15) is 5.10 Å². The molecule has 0 spiro atoms. The van der Waals surface area contributed by atoms with Crippen LogP contribution >= 0.6 is 0 Å². The highest BCUT2D eigenvalue weighted by atomic mass is 16.5. The van der Waals surface area contributed by atoms with E-state index in [2.05, 4.69) is 41.8 Å². The lowest BCUT2D eigenvalue weighted by Crippen LogP contribution is -2.51. The van der Waals surface area contributed by atoms with E-state index in [0.717, 1.165) is 23.6 Å². The average molecular weight is 289 g/mol. The van der Waals surface area contributed by atoms with E-state index < -0.39 is 0 Å². The molecule has 0 saturated carbocycles.